The molecular formula is C19H26N2O3. The molecule has 0 aliphatic carbocycles. The summed E-state index contributed by atoms with van der Waals surface area (Å²) in [6, 6.07) is 11.4. The van der Waals surface area contributed by atoms with Crippen molar-refractivity contribution in [1.82, 2.24) is 5.32 Å². The number of carbonyl (C=O) groups excluding carboxylic acids is 2. The minimum absolute atomic E-state index is 0.0675. The lowest BCUT2D eigenvalue weighted by Crippen LogP contribution is -2.52. The Labute approximate surface area is 144 Å². The number of amides is 1. The summed E-state index contributed by atoms with van der Waals surface area (Å²) in [7, 11) is 0. The van der Waals surface area contributed by atoms with Gasteiger partial charge in [-0.1, -0.05) is 51.1 Å². The predicted molar refractivity (Wildman–Crippen MR) is 92.0 cm³/mol. The fourth-order valence-corrected chi connectivity index (χ4v) is 2.19. The van der Waals surface area contributed by atoms with Crippen molar-refractivity contribution in [2.45, 2.75) is 58.6 Å². The van der Waals surface area contributed by atoms with Gasteiger partial charge in [0, 0.05) is 0 Å². The molecule has 0 saturated carbocycles. The minimum atomic E-state index is -0.999. The SMILES string of the molecule is CCC(C(=O)OC(C)C(=O)NC(C)(C#N)C(C)C)c1ccccc1. The molecule has 1 N–H and O–H groups in total. The first kappa shape index (κ1) is 19.7. The van der Waals surface area contributed by atoms with Crippen LogP contribution in [0.2, 0.25) is 0 Å². The molecule has 0 saturated heterocycles. The van der Waals surface area contributed by atoms with Gasteiger partial charge in [-0.15, -0.1) is 0 Å². The van der Waals surface area contributed by atoms with Gasteiger partial charge in [-0.2, -0.15) is 5.26 Å². The van der Waals surface area contributed by atoms with E-state index in [-0.39, 0.29) is 5.92 Å². The zero-order valence-electron chi connectivity index (χ0n) is 15.0. The Bertz CT molecular complexity index is 607. The van der Waals surface area contributed by atoms with Gasteiger partial charge in [0.05, 0.1) is 12.0 Å². The van der Waals surface area contributed by atoms with Gasteiger partial charge < -0.3 is 10.1 Å². The lowest BCUT2D eigenvalue weighted by atomic mass is 9.90. The van der Waals surface area contributed by atoms with Crippen LogP contribution in [0.3, 0.4) is 0 Å². The van der Waals surface area contributed by atoms with Gasteiger partial charge in [-0.25, -0.2) is 0 Å². The highest BCUT2D eigenvalue weighted by Gasteiger charge is 2.33. The molecule has 0 aromatic heterocycles. The highest BCUT2D eigenvalue weighted by molar-refractivity contribution is 5.86. The average Bonchev–Trinajstić information content (AvgIpc) is 2.56. The summed E-state index contributed by atoms with van der Waals surface area (Å²) in [5, 5.41) is 11.9. The third-order valence-electron chi connectivity index (χ3n) is 4.33. The molecule has 0 fully saturated rings. The van der Waals surface area contributed by atoms with Gasteiger partial charge in [-0.3, -0.25) is 9.59 Å². The molecule has 5 nitrogen and oxygen atoms in total. The van der Waals surface area contributed by atoms with Crippen molar-refractivity contribution < 1.29 is 14.3 Å². The zero-order chi connectivity index (χ0) is 18.3. The van der Waals surface area contributed by atoms with Crippen LogP contribution in [0.1, 0.15) is 52.5 Å². The summed E-state index contributed by atoms with van der Waals surface area (Å²) in [4.78, 5) is 24.7. The van der Waals surface area contributed by atoms with Crippen LogP contribution in [0, 0.1) is 17.2 Å². The molecule has 24 heavy (non-hydrogen) atoms. The monoisotopic (exact) mass is 330 g/mol. The third-order valence-corrected chi connectivity index (χ3v) is 4.33. The number of nitriles is 1. The molecule has 1 amide bonds. The number of hydrogen-bond acceptors (Lipinski definition) is 4. The first-order valence-electron chi connectivity index (χ1n) is 8.23. The van der Waals surface area contributed by atoms with E-state index in [1.54, 1.807) is 6.92 Å². The standard InChI is InChI=1S/C19H26N2O3/c1-6-16(15-10-8-7-9-11-15)18(23)24-14(4)17(22)21-19(5,12-20)13(2)3/h7-11,13-14,16H,6H2,1-5H3,(H,21,22). The summed E-state index contributed by atoms with van der Waals surface area (Å²) in [6.07, 6.45) is -0.374. The van der Waals surface area contributed by atoms with E-state index < -0.39 is 29.4 Å². The average molecular weight is 330 g/mol. The first-order chi connectivity index (χ1) is 11.2. The van der Waals surface area contributed by atoms with E-state index in [1.807, 2.05) is 51.1 Å². The van der Waals surface area contributed by atoms with Crippen LogP contribution in [0.15, 0.2) is 30.3 Å². The van der Waals surface area contributed by atoms with Gasteiger partial charge in [0.2, 0.25) is 0 Å². The van der Waals surface area contributed by atoms with Crippen LogP contribution in [0.25, 0.3) is 0 Å². The van der Waals surface area contributed by atoms with Gasteiger partial charge >= 0.3 is 5.97 Å². The molecule has 0 radical (unpaired) electrons. The van der Waals surface area contributed by atoms with Crippen LogP contribution in [-0.4, -0.2) is 23.5 Å². The molecule has 0 bridgehead atoms. The van der Waals surface area contributed by atoms with E-state index in [0.717, 1.165) is 5.56 Å². The van der Waals surface area contributed by atoms with Crippen molar-refractivity contribution in [2.75, 3.05) is 0 Å². The van der Waals surface area contributed by atoms with Crippen LogP contribution in [-0.2, 0) is 14.3 Å². The summed E-state index contributed by atoms with van der Waals surface area (Å²) in [5.41, 5.74) is -0.136. The molecule has 0 spiro atoms. The Hall–Kier alpha value is -2.35. The second kappa shape index (κ2) is 8.49. The molecule has 1 aromatic rings. The molecule has 130 valence electrons. The number of nitrogens with zero attached hydrogens (tertiary/aromatic N) is 1. The van der Waals surface area contributed by atoms with Crippen molar-refractivity contribution in [3.05, 3.63) is 35.9 Å². The quantitative estimate of drug-likeness (QED) is 0.779. The second-order valence-corrected chi connectivity index (χ2v) is 6.41. The van der Waals surface area contributed by atoms with E-state index in [0.29, 0.717) is 6.42 Å². The molecule has 3 unspecified atom stereocenters. The molecule has 1 aromatic carbocycles. The van der Waals surface area contributed by atoms with E-state index in [4.69, 9.17) is 4.74 Å². The van der Waals surface area contributed by atoms with E-state index in [9.17, 15) is 14.9 Å². The number of hydrogen-bond donors (Lipinski definition) is 1. The Morgan fingerprint density at radius 1 is 1.25 bits per heavy atom. The van der Waals surface area contributed by atoms with Crippen molar-refractivity contribution in [3.8, 4) is 6.07 Å². The van der Waals surface area contributed by atoms with Gasteiger partial charge in [-0.05, 0) is 31.7 Å². The van der Waals surface area contributed by atoms with Crippen molar-refractivity contribution in [1.29, 1.82) is 5.26 Å². The number of benzene rings is 1. The number of rotatable bonds is 7. The summed E-state index contributed by atoms with van der Waals surface area (Å²) in [5.74, 6) is -1.38. The summed E-state index contributed by atoms with van der Waals surface area (Å²) < 4.78 is 5.33. The van der Waals surface area contributed by atoms with Gasteiger partial charge in [0.1, 0.15) is 5.54 Å². The fourth-order valence-electron chi connectivity index (χ4n) is 2.19. The smallest absolute Gasteiger partial charge is 0.314 e. The highest BCUT2D eigenvalue weighted by atomic mass is 16.5. The van der Waals surface area contributed by atoms with E-state index in [1.165, 1.54) is 6.92 Å². The lowest BCUT2D eigenvalue weighted by molar-refractivity contribution is -0.156. The Morgan fingerprint density at radius 2 is 1.83 bits per heavy atom. The fraction of sp³-hybridized carbons (Fsp3) is 0.526. The maximum atomic E-state index is 12.4. The summed E-state index contributed by atoms with van der Waals surface area (Å²) in [6.45, 7) is 8.77. The molecule has 0 aliphatic heterocycles. The second-order valence-electron chi connectivity index (χ2n) is 6.41. The molecule has 0 heterocycles. The Kier molecular flexibility index (Phi) is 6.97. The Morgan fingerprint density at radius 3 is 2.29 bits per heavy atom. The van der Waals surface area contributed by atoms with Gasteiger partial charge in [0.25, 0.3) is 5.91 Å². The maximum absolute atomic E-state index is 12.4. The minimum Gasteiger partial charge on any atom is -0.452 e. The Balaban J connectivity index is 2.76. The van der Waals surface area contributed by atoms with Crippen molar-refractivity contribution in [3.63, 3.8) is 0 Å². The molecule has 0 aliphatic rings. The van der Waals surface area contributed by atoms with Crippen LogP contribution < -0.4 is 5.32 Å². The molecule has 1 rings (SSSR count). The van der Waals surface area contributed by atoms with Crippen molar-refractivity contribution in [2.24, 2.45) is 5.92 Å². The topological polar surface area (TPSA) is 79.2 Å². The van der Waals surface area contributed by atoms with Gasteiger partial charge in [0.15, 0.2) is 6.10 Å². The zero-order valence-corrected chi connectivity index (χ0v) is 15.0. The highest BCUT2D eigenvalue weighted by Crippen LogP contribution is 2.22. The van der Waals surface area contributed by atoms with E-state index >= 15 is 0 Å². The third kappa shape index (κ3) is 4.82. The molecule has 3 atom stereocenters. The number of ether oxygens (including phenoxy) is 1. The number of nitrogens with one attached hydrogen (secondary N) is 1. The van der Waals surface area contributed by atoms with Crippen molar-refractivity contribution >= 4 is 11.9 Å². The first-order valence-corrected chi connectivity index (χ1v) is 8.23. The normalized spacial score (nSPS) is 15.7. The molecule has 5 heteroatoms. The molecular weight excluding hydrogens is 304 g/mol. The number of carbonyl (C=O) groups is 2. The number of esters is 1. The van der Waals surface area contributed by atoms with E-state index in [2.05, 4.69) is 11.4 Å². The maximum Gasteiger partial charge on any atom is 0.314 e. The summed E-state index contributed by atoms with van der Waals surface area (Å²) >= 11 is 0. The predicted octanol–water partition coefficient (Wildman–Crippen LogP) is 3.17. The van der Waals surface area contributed by atoms with Crippen LogP contribution >= 0.6 is 0 Å². The van der Waals surface area contributed by atoms with Crippen LogP contribution in [0.5, 0.6) is 0 Å². The largest absolute Gasteiger partial charge is 0.452 e. The lowest BCUT2D eigenvalue weighted by Gasteiger charge is -2.29. The van der Waals surface area contributed by atoms with Crippen LogP contribution in [0.4, 0.5) is 0 Å².